The van der Waals surface area contributed by atoms with Gasteiger partial charge in [0.15, 0.2) is 0 Å². The van der Waals surface area contributed by atoms with Crippen LogP contribution in [-0.4, -0.2) is 15.9 Å². The van der Waals surface area contributed by atoms with Crippen LogP contribution in [-0.2, 0) is 0 Å². The number of amides is 1. The Labute approximate surface area is 54.4 Å². The first-order chi connectivity index (χ1) is 3.42. The molecule has 1 amide bonds. The summed E-state index contributed by atoms with van der Waals surface area (Å²) in [6, 6.07) is 0. The van der Waals surface area contributed by atoms with Gasteiger partial charge in [0, 0.05) is 0 Å². The number of hydrogen-bond donors (Lipinski definition) is 2. The van der Waals surface area contributed by atoms with Crippen molar-refractivity contribution < 1.29 is 14.3 Å². The van der Waals surface area contributed by atoms with Crippen LogP contribution in [0.3, 0.4) is 0 Å². The van der Waals surface area contributed by atoms with Gasteiger partial charge < -0.3 is 5.11 Å². The maximum absolute atomic E-state index is 11.7. The molecule has 3 nitrogen and oxygen atoms in total. The van der Waals surface area contributed by atoms with Gasteiger partial charge in [-0.1, -0.05) is 0 Å². The van der Waals surface area contributed by atoms with Gasteiger partial charge in [0.25, 0.3) is 0 Å². The molecule has 0 aliphatic carbocycles. The molecule has 0 spiro atoms. The maximum Gasteiger partial charge on any atom is 0.409 e. The number of rotatable bonds is 1. The Morgan fingerprint density at radius 3 is 2.12 bits per heavy atom. The second-order valence-corrected chi connectivity index (χ2v) is 2.16. The molecule has 0 aromatic heterocycles. The second kappa shape index (κ2) is 2.37. The number of hydrogen-bond acceptors (Lipinski definition) is 1. The van der Waals surface area contributed by atoms with E-state index < -0.39 is 10.8 Å². The number of nitrogens with one attached hydrogen (secondary N) is 1. The van der Waals surface area contributed by atoms with Crippen LogP contribution in [0.5, 0.6) is 0 Å². The summed E-state index contributed by atoms with van der Waals surface area (Å²) in [5.41, 5.74) is 0. The first-order valence-corrected chi connectivity index (χ1v) is 2.25. The summed E-state index contributed by atoms with van der Waals surface area (Å²) < 4.78 is 8.80. The molecule has 0 aromatic rings. The summed E-state index contributed by atoms with van der Waals surface area (Å²) in [4.78, 5) is 9.49. The molecule has 2 N–H and O–H groups in total. The molecular formula is C2H2Cl2FNO2. The lowest BCUT2D eigenvalue weighted by Gasteiger charge is -2.05. The van der Waals surface area contributed by atoms with Gasteiger partial charge >= 0.3 is 10.8 Å². The van der Waals surface area contributed by atoms with Crippen molar-refractivity contribution in [2.75, 3.05) is 0 Å². The van der Waals surface area contributed by atoms with E-state index in [1.165, 1.54) is 0 Å². The Bertz CT molecular complexity index is 101. The van der Waals surface area contributed by atoms with Crippen LogP contribution in [0.1, 0.15) is 0 Å². The van der Waals surface area contributed by atoms with E-state index in [-0.39, 0.29) is 0 Å². The van der Waals surface area contributed by atoms with E-state index in [0.29, 0.717) is 0 Å². The van der Waals surface area contributed by atoms with Crippen molar-refractivity contribution in [3.8, 4) is 0 Å². The Hall–Kier alpha value is -0.220. The molecular weight excluding hydrogens is 160 g/mol. The van der Waals surface area contributed by atoms with E-state index in [2.05, 4.69) is 23.2 Å². The summed E-state index contributed by atoms with van der Waals surface area (Å²) >= 11 is 9.07. The molecule has 0 unspecified atom stereocenters. The van der Waals surface area contributed by atoms with Crippen LogP contribution in [0, 0.1) is 0 Å². The van der Waals surface area contributed by atoms with Crippen molar-refractivity contribution >= 4 is 29.3 Å². The topological polar surface area (TPSA) is 49.3 Å². The fraction of sp³-hybridized carbons (Fsp3) is 0.500. The molecule has 0 aromatic carbocycles. The van der Waals surface area contributed by atoms with Gasteiger partial charge in [0.1, 0.15) is 0 Å². The molecule has 0 radical (unpaired) electrons. The zero-order valence-electron chi connectivity index (χ0n) is 3.49. The van der Waals surface area contributed by atoms with E-state index in [4.69, 9.17) is 5.11 Å². The van der Waals surface area contributed by atoms with Crippen LogP contribution in [0.4, 0.5) is 9.18 Å². The van der Waals surface area contributed by atoms with Gasteiger partial charge in [-0.3, -0.25) is 5.32 Å². The molecule has 0 bridgehead atoms. The summed E-state index contributed by atoms with van der Waals surface area (Å²) in [7, 11) is 0. The number of alkyl halides is 3. The van der Waals surface area contributed by atoms with Gasteiger partial charge in [-0.15, -0.1) is 0 Å². The first-order valence-electron chi connectivity index (χ1n) is 1.49. The first kappa shape index (κ1) is 7.78. The van der Waals surface area contributed by atoms with Gasteiger partial charge in [-0.2, -0.15) is 4.39 Å². The van der Waals surface area contributed by atoms with Crippen molar-refractivity contribution in [1.29, 1.82) is 0 Å². The zero-order valence-corrected chi connectivity index (χ0v) is 5.00. The highest BCUT2D eigenvalue weighted by atomic mass is 35.5. The van der Waals surface area contributed by atoms with Gasteiger partial charge in [-0.05, 0) is 23.2 Å². The molecule has 0 aliphatic rings. The minimum Gasteiger partial charge on any atom is -0.465 e. The highest BCUT2D eigenvalue weighted by Gasteiger charge is 2.23. The Morgan fingerprint density at radius 1 is 1.75 bits per heavy atom. The second-order valence-electron chi connectivity index (χ2n) is 0.928. The van der Waals surface area contributed by atoms with Crippen LogP contribution >= 0.6 is 23.2 Å². The van der Waals surface area contributed by atoms with Crippen LogP contribution in [0.2, 0.25) is 0 Å². The van der Waals surface area contributed by atoms with Crippen molar-refractivity contribution in [2.24, 2.45) is 0 Å². The highest BCUT2D eigenvalue weighted by Crippen LogP contribution is 2.17. The summed E-state index contributed by atoms with van der Waals surface area (Å²) in [5.74, 6) is 0. The highest BCUT2D eigenvalue weighted by molar-refractivity contribution is 6.47. The van der Waals surface area contributed by atoms with E-state index in [1.807, 2.05) is 0 Å². The average Bonchev–Trinajstić information content (AvgIpc) is 1.21. The lowest BCUT2D eigenvalue weighted by atomic mass is 11.1. The maximum atomic E-state index is 11.7. The van der Waals surface area contributed by atoms with Crippen molar-refractivity contribution in [3.05, 3.63) is 0 Å². The predicted molar refractivity (Wildman–Crippen MR) is 26.7 cm³/mol. The molecule has 0 saturated carbocycles. The third-order valence-electron chi connectivity index (χ3n) is 0.249. The number of carboxylic acid groups (broad SMARTS) is 1. The Morgan fingerprint density at radius 2 is 2.12 bits per heavy atom. The molecule has 0 rings (SSSR count). The fourth-order valence-electron chi connectivity index (χ4n) is 0.121. The SMILES string of the molecule is O=C(O)NC(F)(Cl)Cl. The molecule has 0 atom stereocenters. The molecule has 0 heterocycles. The van der Waals surface area contributed by atoms with Crippen LogP contribution in [0.25, 0.3) is 0 Å². The number of carbonyl (C=O) groups is 1. The third-order valence-corrected chi connectivity index (χ3v) is 0.438. The third kappa shape index (κ3) is 5.78. The van der Waals surface area contributed by atoms with Crippen molar-refractivity contribution in [1.82, 2.24) is 5.32 Å². The molecule has 8 heavy (non-hydrogen) atoms. The Kier molecular flexibility index (Phi) is 2.30. The lowest BCUT2D eigenvalue weighted by molar-refractivity contribution is 0.180. The minimum atomic E-state index is -2.88. The van der Waals surface area contributed by atoms with E-state index in [1.54, 1.807) is 0 Å². The fourth-order valence-corrected chi connectivity index (χ4v) is 0.283. The van der Waals surface area contributed by atoms with E-state index >= 15 is 0 Å². The number of halogens is 3. The molecule has 0 fully saturated rings. The molecule has 6 heteroatoms. The normalized spacial score (nSPS) is 10.9. The monoisotopic (exact) mass is 161 g/mol. The smallest absolute Gasteiger partial charge is 0.409 e. The van der Waals surface area contributed by atoms with Crippen molar-refractivity contribution in [2.45, 2.75) is 4.71 Å². The molecule has 48 valence electrons. The van der Waals surface area contributed by atoms with Crippen molar-refractivity contribution in [3.63, 3.8) is 0 Å². The van der Waals surface area contributed by atoms with Crippen LogP contribution < -0.4 is 5.32 Å². The van der Waals surface area contributed by atoms with Gasteiger partial charge in [0.2, 0.25) is 0 Å². The quantitative estimate of drug-likeness (QED) is 0.451. The Balaban J connectivity index is 3.55. The standard InChI is InChI=1S/C2H2Cl2FNO2/c3-2(4,5)6-1(7)8/h6H,(H,7,8). The zero-order chi connectivity index (χ0) is 6.78. The predicted octanol–water partition coefficient (Wildman–Crippen LogP) is 1.31. The van der Waals surface area contributed by atoms with E-state index in [0.717, 1.165) is 5.32 Å². The molecule has 0 aliphatic heterocycles. The van der Waals surface area contributed by atoms with E-state index in [9.17, 15) is 9.18 Å². The summed E-state index contributed by atoms with van der Waals surface area (Å²) in [6.07, 6.45) is -1.61. The molecule has 0 saturated heterocycles. The minimum absolute atomic E-state index is 1.16. The largest absolute Gasteiger partial charge is 0.465 e. The van der Waals surface area contributed by atoms with Crippen LogP contribution in [0.15, 0.2) is 0 Å². The average molecular weight is 162 g/mol. The summed E-state index contributed by atoms with van der Waals surface area (Å²) in [5, 5.41) is 8.89. The van der Waals surface area contributed by atoms with Gasteiger partial charge in [0.05, 0.1) is 0 Å². The summed E-state index contributed by atoms with van der Waals surface area (Å²) in [6.45, 7) is 0. The van der Waals surface area contributed by atoms with Gasteiger partial charge in [-0.25, -0.2) is 4.79 Å². The lowest BCUT2D eigenvalue weighted by Crippen LogP contribution is -2.33.